The average Bonchev–Trinajstić information content (AvgIpc) is 2.97. The first-order chi connectivity index (χ1) is 9.74. The van der Waals surface area contributed by atoms with Gasteiger partial charge >= 0.3 is 0 Å². The van der Waals surface area contributed by atoms with Gasteiger partial charge in [0.05, 0.1) is 18.8 Å². The van der Waals surface area contributed by atoms with Crippen LogP contribution in [-0.2, 0) is 4.74 Å². The molecule has 0 bridgehead atoms. The van der Waals surface area contributed by atoms with Gasteiger partial charge in [0.25, 0.3) is 0 Å². The van der Waals surface area contributed by atoms with Gasteiger partial charge in [0.1, 0.15) is 0 Å². The van der Waals surface area contributed by atoms with Crippen molar-refractivity contribution in [3.8, 4) is 11.5 Å². The number of ether oxygens (including phenoxy) is 1. The Labute approximate surface area is 118 Å². The molecular formula is C15H19N3O2. The first kappa shape index (κ1) is 13.3. The Kier molecular flexibility index (Phi) is 3.80. The van der Waals surface area contributed by atoms with Gasteiger partial charge < -0.3 is 9.15 Å². The molecule has 0 saturated carbocycles. The first-order valence-corrected chi connectivity index (χ1v) is 6.98. The van der Waals surface area contributed by atoms with Crippen molar-refractivity contribution in [1.82, 2.24) is 15.1 Å². The average molecular weight is 273 g/mol. The Bertz CT molecular complexity index is 555. The first-order valence-electron chi connectivity index (χ1n) is 6.98. The molecule has 0 aliphatic carbocycles. The highest BCUT2D eigenvalue weighted by Crippen LogP contribution is 2.25. The van der Waals surface area contributed by atoms with Crippen LogP contribution < -0.4 is 0 Å². The summed E-state index contributed by atoms with van der Waals surface area (Å²) in [4.78, 5) is 2.32. The Hall–Kier alpha value is -1.72. The predicted molar refractivity (Wildman–Crippen MR) is 75.1 cm³/mol. The molecule has 1 aromatic heterocycles. The highest BCUT2D eigenvalue weighted by Gasteiger charge is 2.26. The summed E-state index contributed by atoms with van der Waals surface area (Å²) in [7, 11) is 0. The molecule has 2 atom stereocenters. The van der Waals surface area contributed by atoms with Gasteiger partial charge in [-0.25, -0.2) is 0 Å². The fourth-order valence-corrected chi connectivity index (χ4v) is 2.45. The maximum atomic E-state index is 5.82. The van der Waals surface area contributed by atoms with Crippen molar-refractivity contribution in [2.45, 2.75) is 26.0 Å². The standard InChI is InChI=1S/C15H19N3O2/c1-11-10-18(8-9-19-11)12(2)14-16-17-15(20-14)13-6-4-3-5-7-13/h3-7,11-12H,8-10H2,1-2H3. The van der Waals surface area contributed by atoms with Crippen LogP contribution in [0.3, 0.4) is 0 Å². The molecule has 0 radical (unpaired) electrons. The van der Waals surface area contributed by atoms with Crippen molar-refractivity contribution in [3.05, 3.63) is 36.2 Å². The zero-order chi connectivity index (χ0) is 13.9. The lowest BCUT2D eigenvalue weighted by Crippen LogP contribution is -2.42. The van der Waals surface area contributed by atoms with E-state index in [1.807, 2.05) is 30.3 Å². The monoisotopic (exact) mass is 273 g/mol. The number of aromatic nitrogens is 2. The summed E-state index contributed by atoms with van der Waals surface area (Å²) in [5.74, 6) is 1.24. The van der Waals surface area contributed by atoms with E-state index in [2.05, 4.69) is 28.9 Å². The van der Waals surface area contributed by atoms with Crippen LogP contribution in [0.1, 0.15) is 25.8 Å². The van der Waals surface area contributed by atoms with E-state index < -0.39 is 0 Å². The van der Waals surface area contributed by atoms with Crippen LogP contribution >= 0.6 is 0 Å². The zero-order valence-electron chi connectivity index (χ0n) is 11.8. The molecule has 3 rings (SSSR count). The van der Waals surface area contributed by atoms with E-state index in [1.165, 1.54) is 0 Å². The van der Waals surface area contributed by atoms with Crippen molar-refractivity contribution >= 4 is 0 Å². The number of hydrogen-bond donors (Lipinski definition) is 0. The third-order valence-electron chi connectivity index (χ3n) is 3.64. The number of nitrogens with zero attached hydrogens (tertiary/aromatic N) is 3. The summed E-state index contributed by atoms with van der Waals surface area (Å²) >= 11 is 0. The molecule has 1 fully saturated rings. The van der Waals surface area contributed by atoms with Crippen LogP contribution in [0.2, 0.25) is 0 Å². The molecule has 1 aromatic carbocycles. The largest absolute Gasteiger partial charge is 0.419 e. The van der Waals surface area contributed by atoms with Gasteiger partial charge in [0, 0.05) is 18.7 Å². The van der Waals surface area contributed by atoms with Crippen LogP contribution in [0, 0.1) is 0 Å². The number of benzene rings is 1. The van der Waals surface area contributed by atoms with Crippen molar-refractivity contribution < 1.29 is 9.15 Å². The van der Waals surface area contributed by atoms with E-state index >= 15 is 0 Å². The van der Waals surface area contributed by atoms with Gasteiger partial charge in [0.15, 0.2) is 0 Å². The van der Waals surface area contributed by atoms with E-state index in [9.17, 15) is 0 Å². The van der Waals surface area contributed by atoms with E-state index in [0.717, 1.165) is 25.3 Å². The fourth-order valence-electron chi connectivity index (χ4n) is 2.45. The van der Waals surface area contributed by atoms with Gasteiger partial charge in [-0.2, -0.15) is 0 Å². The van der Waals surface area contributed by atoms with Crippen LogP contribution in [0.25, 0.3) is 11.5 Å². The summed E-state index contributed by atoms with van der Waals surface area (Å²) in [6.07, 6.45) is 0.253. The van der Waals surface area contributed by atoms with E-state index in [-0.39, 0.29) is 12.1 Å². The van der Waals surface area contributed by atoms with Crippen molar-refractivity contribution in [1.29, 1.82) is 0 Å². The van der Waals surface area contributed by atoms with Crippen molar-refractivity contribution in [3.63, 3.8) is 0 Å². The molecule has 0 N–H and O–H groups in total. The summed E-state index contributed by atoms with van der Waals surface area (Å²) in [5, 5.41) is 8.34. The van der Waals surface area contributed by atoms with Gasteiger partial charge in [-0.1, -0.05) is 18.2 Å². The lowest BCUT2D eigenvalue weighted by atomic mass is 10.2. The zero-order valence-corrected chi connectivity index (χ0v) is 11.8. The summed E-state index contributed by atoms with van der Waals surface area (Å²) in [6.45, 7) is 6.73. The Morgan fingerprint density at radius 2 is 2.05 bits per heavy atom. The van der Waals surface area contributed by atoms with E-state index in [0.29, 0.717) is 11.8 Å². The smallest absolute Gasteiger partial charge is 0.247 e. The second kappa shape index (κ2) is 5.73. The molecule has 5 heteroatoms. The maximum Gasteiger partial charge on any atom is 0.247 e. The second-order valence-electron chi connectivity index (χ2n) is 5.16. The van der Waals surface area contributed by atoms with Crippen molar-refractivity contribution in [2.75, 3.05) is 19.7 Å². The SMILES string of the molecule is CC1CN(C(C)c2nnc(-c3ccccc3)o2)CCO1. The topological polar surface area (TPSA) is 51.4 Å². The lowest BCUT2D eigenvalue weighted by Gasteiger charge is -2.33. The van der Waals surface area contributed by atoms with E-state index in [4.69, 9.17) is 9.15 Å². The molecule has 20 heavy (non-hydrogen) atoms. The molecule has 2 aromatic rings. The molecular weight excluding hydrogens is 254 g/mol. The van der Waals surface area contributed by atoms with Gasteiger partial charge in [-0.3, -0.25) is 4.90 Å². The number of morpholine rings is 1. The Morgan fingerprint density at radius 3 is 2.80 bits per heavy atom. The fraction of sp³-hybridized carbons (Fsp3) is 0.467. The van der Waals surface area contributed by atoms with Gasteiger partial charge in [0.2, 0.25) is 11.8 Å². The number of hydrogen-bond acceptors (Lipinski definition) is 5. The molecule has 2 unspecified atom stereocenters. The molecule has 1 aliphatic rings. The van der Waals surface area contributed by atoms with Crippen LogP contribution in [0.15, 0.2) is 34.7 Å². The minimum absolute atomic E-state index is 0.117. The predicted octanol–water partition coefficient (Wildman–Crippen LogP) is 2.52. The van der Waals surface area contributed by atoms with Crippen LogP contribution in [0.4, 0.5) is 0 Å². The molecule has 106 valence electrons. The van der Waals surface area contributed by atoms with Crippen LogP contribution in [-0.4, -0.2) is 40.9 Å². The molecule has 0 spiro atoms. The molecule has 1 aliphatic heterocycles. The second-order valence-corrected chi connectivity index (χ2v) is 5.16. The molecule has 0 amide bonds. The minimum Gasteiger partial charge on any atom is -0.419 e. The Balaban J connectivity index is 1.76. The minimum atomic E-state index is 0.117. The van der Waals surface area contributed by atoms with Crippen LogP contribution in [0.5, 0.6) is 0 Å². The maximum absolute atomic E-state index is 5.82. The normalized spacial score (nSPS) is 21.8. The van der Waals surface area contributed by atoms with Gasteiger partial charge in [-0.15, -0.1) is 10.2 Å². The number of rotatable bonds is 3. The van der Waals surface area contributed by atoms with Gasteiger partial charge in [-0.05, 0) is 26.0 Å². The molecule has 5 nitrogen and oxygen atoms in total. The van der Waals surface area contributed by atoms with Crippen molar-refractivity contribution in [2.24, 2.45) is 0 Å². The molecule has 2 heterocycles. The summed E-state index contributed by atoms with van der Waals surface area (Å²) < 4.78 is 11.4. The summed E-state index contributed by atoms with van der Waals surface area (Å²) in [6, 6.07) is 9.96. The lowest BCUT2D eigenvalue weighted by molar-refractivity contribution is -0.0354. The highest BCUT2D eigenvalue weighted by atomic mass is 16.5. The van der Waals surface area contributed by atoms with E-state index in [1.54, 1.807) is 0 Å². The Morgan fingerprint density at radius 1 is 1.25 bits per heavy atom. The summed E-state index contributed by atoms with van der Waals surface area (Å²) in [5.41, 5.74) is 0.953. The highest BCUT2D eigenvalue weighted by molar-refractivity contribution is 5.51. The third-order valence-corrected chi connectivity index (χ3v) is 3.64. The third kappa shape index (κ3) is 2.73. The molecule has 1 saturated heterocycles. The quantitative estimate of drug-likeness (QED) is 0.860.